The molecule has 4 rings (SSSR count). The second kappa shape index (κ2) is 11.4. The second-order valence-corrected chi connectivity index (χ2v) is 7.91. The van der Waals surface area contributed by atoms with E-state index in [-0.39, 0.29) is 13.2 Å². The van der Waals surface area contributed by atoms with Gasteiger partial charge in [0.1, 0.15) is 6.10 Å². The van der Waals surface area contributed by atoms with Crippen molar-refractivity contribution in [3.63, 3.8) is 0 Å². The fourth-order valence-corrected chi connectivity index (χ4v) is 3.73. The molecule has 0 aliphatic carbocycles. The molecule has 4 heteroatoms. The molecule has 0 bridgehead atoms. The van der Waals surface area contributed by atoms with Crippen LogP contribution in [0.2, 0.25) is 0 Å². The van der Waals surface area contributed by atoms with Crippen molar-refractivity contribution in [3.05, 3.63) is 115 Å². The third-order valence-corrected chi connectivity index (χ3v) is 5.50. The highest BCUT2D eigenvalue weighted by molar-refractivity contribution is 5.78. The lowest BCUT2D eigenvalue weighted by Gasteiger charge is -2.26. The number of hydrogen-bond donors (Lipinski definition) is 2. The molecule has 0 aliphatic heterocycles. The monoisotopic (exact) mass is 439 g/mol. The fourth-order valence-electron chi connectivity index (χ4n) is 3.73. The van der Waals surface area contributed by atoms with Crippen molar-refractivity contribution in [1.82, 2.24) is 0 Å². The fraction of sp³-hybridized carbons (Fsp3) is 0.172. The van der Waals surface area contributed by atoms with E-state index in [9.17, 15) is 5.11 Å². The van der Waals surface area contributed by atoms with Gasteiger partial charge in [0, 0.05) is 17.1 Å². The third-order valence-electron chi connectivity index (χ3n) is 5.50. The number of para-hydroxylation sites is 1. The topological polar surface area (TPSA) is 52.9 Å². The molecule has 2 N–H and O–H groups in total. The van der Waals surface area contributed by atoms with E-state index in [1.54, 1.807) is 0 Å². The Bertz CT molecular complexity index is 1100. The molecule has 4 aromatic carbocycles. The molecule has 0 saturated carbocycles. The lowest BCUT2D eigenvalue weighted by molar-refractivity contribution is 0.00723. The Balaban J connectivity index is 1.53. The molecule has 0 aromatic heterocycles. The Hall–Kier alpha value is -3.44. The average Bonchev–Trinajstić information content (AvgIpc) is 2.89. The zero-order valence-corrected chi connectivity index (χ0v) is 18.5. The van der Waals surface area contributed by atoms with Gasteiger partial charge < -0.3 is 19.8 Å². The molecule has 0 radical (unpaired) electrons. The quantitative estimate of drug-likeness (QED) is 0.310. The summed E-state index contributed by atoms with van der Waals surface area (Å²) < 4.78 is 5.43. The van der Waals surface area contributed by atoms with E-state index in [1.165, 1.54) is 11.1 Å². The molecule has 0 aliphatic rings. The van der Waals surface area contributed by atoms with E-state index in [1.807, 2.05) is 24.3 Å². The highest BCUT2D eigenvalue weighted by Crippen LogP contribution is 2.35. The number of rotatable bonds is 10. The summed E-state index contributed by atoms with van der Waals surface area (Å²) in [4.78, 5) is 2.24. The van der Waals surface area contributed by atoms with Crippen molar-refractivity contribution < 1.29 is 14.9 Å². The van der Waals surface area contributed by atoms with Gasteiger partial charge in [-0.3, -0.25) is 0 Å². The Morgan fingerprint density at radius 1 is 0.636 bits per heavy atom. The predicted octanol–water partition coefficient (Wildman–Crippen LogP) is 5.74. The number of hydrogen-bond acceptors (Lipinski definition) is 4. The maximum Gasteiger partial charge on any atom is 0.100 e. The molecule has 0 amide bonds. The van der Waals surface area contributed by atoms with E-state index in [0.29, 0.717) is 6.61 Å². The molecule has 4 nitrogen and oxygen atoms in total. The Morgan fingerprint density at radius 3 is 1.76 bits per heavy atom. The second-order valence-electron chi connectivity index (χ2n) is 7.91. The van der Waals surface area contributed by atoms with Gasteiger partial charge >= 0.3 is 0 Å². The zero-order valence-electron chi connectivity index (χ0n) is 18.5. The Labute approximate surface area is 195 Å². The molecule has 4 aromatic rings. The zero-order chi connectivity index (χ0) is 22.9. The van der Waals surface area contributed by atoms with Crippen LogP contribution in [0.1, 0.15) is 5.56 Å². The standard InChI is InChI=1S/C29H29NO3/c31-21-29(32)22-33-20-19-23-11-15-27(16-12-23)30(26-9-5-2-6-10-26)28-17-13-25(14-18-28)24-7-3-1-4-8-24/h1-18,29,31-32H,19-22H2. The summed E-state index contributed by atoms with van der Waals surface area (Å²) in [5.41, 5.74) is 6.81. The minimum atomic E-state index is -0.819. The minimum Gasteiger partial charge on any atom is -0.394 e. The smallest absolute Gasteiger partial charge is 0.100 e. The van der Waals surface area contributed by atoms with Gasteiger partial charge in [-0.1, -0.05) is 72.8 Å². The molecular formula is C29H29NO3. The van der Waals surface area contributed by atoms with Gasteiger partial charge in [0.25, 0.3) is 0 Å². The first-order valence-corrected chi connectivity index (χ1v) is 11.2. The van der Waals surface area contributed by atoms with Crippen LogP contribution in [0.5, 0.6) is 0 Å². The largest absolute Gasteiger partial charge is 0.394 e. The van der Waals surface area contributed by atoms with E-state index >= 15 is 0 Å². The van der Waals surface area contributed by atoms with Crippen LogP contribution in [0.4, 0.5) is 17.1 Å². The lowest BCUT2D eigenvalue weighted by atomic mass is 10.0. The predicted molar refractivity (Wildman–Crippen MR) is 134 cm³/mol. The van der Waals surface area contributed by atoms with Gasteiger partial charge in [0.15, 0.2) is 0 Å². The molecule has 0 spiro atoms. The van der Waals surface area contributed by atoms with Crippen molar-refractivity contribution in [3.8, 4) is 11.1 Å². The number of benzene rings is 4. The number of ether oxygens (including phenoxy) is 1. The van der Waals surface area contributed by atoms with E-state index in [2.05, 4.69) is 89.8 Å². The minimum absolute atomic E-state index is 0.148. The van der Waals surface area contributed by atoms with Crippen molar-refractivity contribution in [2.45, 2.75) is 12.5 Å². The normalized spacial score (nSPS) is 11.8. The van der Waals surface area contributed by atoms with Gasteiger partial charge in [-0.2, -0.15) is 0 Å². The van der Waals surface area contributed by atoms with E-state index in [0.717, 1.165) is 29.0 Å². The summed E-state index contributed by atoms with van der Waals surface area (Å²) in [7, 11) is 0. The molecule has 0 heterocycles. The van der Waals surface area contributed by atoms with Crippen LogP contribution in [0.3, 0.4) is 0 Å². The summed E-state index contributed by atoms with van der Waals surface area (Å²) in [5.74, 6) is 0. The van der Waals surface area contributed by atoms with E-state index in [4.69, 9.17) is 9.84 Å². The van der Waals surface area contributed by atoms with Crippen LogP contribution in [0, 0.1) is 0 Å². The van der Waals surface area contributed by atoms with Crippen molar-refractivity contribution in [2.24, 2.45) is 0 Å². The number of aliphatic hydroxyl groups excluding tert-OH is 2. The third kappa shape index (κ3) is 6.08. The molecule has 1 atom stereocenters. The summed E-state index contributed by atoms with van der Waals surface area (Å²) in [5, 5.41) is 18.2. The maximum absolute atomic E-state index is 9.37. The highest BCUT2D eigenvalue weighted by Gasteiger charge is 2.12. The molecule has 1 unspecified atom stereocenters. The maximum atomic E-state index is 9.37. The summed E-state index contributed by atoms with van der Waals surface area (Å²) in [6.45, 7) is 0.367. The van der Waals surface area contributed by atoms with Crippen LogP contribution >= 0.6 is 0 Å². The van der Waals surface area contributed by atoms with Crippen LogP contribution in [0.25, 0.3) is 11.1 Å². The average molecular weight is 440 g/mol. The summed E-state index contributed by atoms with van der Waals surface area (Å²) >= 11 is 0. The van der Waals surface area contributed by atoms with Gasteiger partial charge in [0.2, 0.25) is 0 Å². The first-order valence-electron chi connectivity index (χ1n) is 11.2. The number of nitrogens with zero attached hydrogens (tertiary/aromatic N) is 1. The van der Waals surface area contributed by atoms with Crippen LogP contribution in [-0.2, 0) is 11.2 Å². The van der Waals surface area contributed by atoms with Gasteiger partial charge in [-0.25, -0.2) is 0 Å². The number of aliphatic hydroxyl groups is 2. The SMILES string of the molecule is OCC(O)COCCc1ccc(N(c2ccccc2)c2ccc(-c3ccccc3)cc2)cc1. The van der Waals surface area contributed by atoms with Gasteiger partial charge in [-0.15, -0.1) is 0 Å². The molecule has 33 heavy (non-hydrogen) atoms. The van der Waals surface area contributed by atoms with Crippen LogP contribution < -0.4 is 4.90 Å². The molecule has 0 saturated heterocycles. The first kappa shape index (κ1) is 22.7. The first-order chi connectivity index (χ1) is 16.2. The number of anilines is 3. The highest BCUT2D eigenvalue weighted by atomic mass is 16.5. The lowest BCUT2D eigenvalue weighted by Crippen LogP contribution is -2.20. The Morgan fingerprint density at radius 2 is 1.15 bits per heavy atom. The molecule has 0 fully saturated rings. The Kier molecular flexibility index (Phi) is 7.88. The van der Waals surface area contributed by atoms with E-state index < -0.39 is 6.10 Å². The van der Waals surface area contributed by atoms with Gasteiger partial charge in [-0.05, 0) is 59.5 Å². The van der Waals surface area contributed by atoms with Crippen molar-refractivity contribution in [2.75, 3.05) is 24.7 Å². The van der Waals surface area contributed by atoms with Gasteiger partial charge in [0.05, 0.1) is 19.8 Å². The summed E-state index contributed by atoms with van der Waals surface area (Å²) in [6, 6.07) is 37.8. The van der Waals surface area contributed by atoms with Crippen molar-refractivity contribution >= 4 is 17.1 Å². The van der Waals surface area contributed by atoms with Crippen LogP contribution in [-0.4, -0.2) is 36.1 Å². The van der Waals surface area contributed by atoms with Crippen LogP contribution in [0.15, 0.2) is 109 Å². The summed E-state index contributed by atoms with van der Waals surface area (Å²) in [6.07, 6.45) is -0.0738. The van der Waals surface area contributed by atoms with Crippen molar-refractivity contribution in [1.29, 1.82) is 0 Å². The molecular weight excluding hydrogens is 410 g/mol. The molecule has 168 valence electrons.